The molecule has 1 atom stereocenters. The number of benzene rings is 2. The Hall–Kier alpha value is -2.58. The number of aromatic nitrogens is 3. The van der Waals surface area contributed by atoms with Crippen molar-refractivity contribution in [2.45, 2.75) is 24.6 Å². The first-order valence-electron chi connectivity index (χ1n) is 9.01. The summed E-state index contributed by atoms with van der Waals surface area (Å²) in [7, 11) is 0. The summed E-state index contributed by atoms with van der Waals surface area (Å²) in [6, 6.07) is 17.0. The number of allylic oxidation sites excluding steroid dienone is 1. The van der Waals surface area contributed by atoms with Gasteiger partial charge < -0.3 is 10.1 Å². The van der Waals surface area contributed by atoms with E-state index < -0.39 is 0 Å². The number of para-hydroxylation sites is 1. The van der Waals surface area contributed by atoms with Crippen LogP contribution in [0.25, 0.3) is 0 Å². The quantitative estimate of drug-likeness (QED) is 0.346. The van der Waals surface area contributed by atoms with Gasteiger partial charge in [-0.25, -0.2) is 4.68 Å². The van der Waals surface area contributed by atoms with E-state index in [9.17, 15) is 4.79 Å². The number of thioether (sulfide) groups is 1. The van der Waals surface area contributed by atoms with Crippen molar-refractivity contribution in [2.24, 2.45) is 0 Å². The fourth-order valence-corrected chi connectivity index (χ4v) is 3.81. The second-order valence-corrected chi connectivity index (χ2v) is 8.05. The Morgan fingerprint density at radius 3 is 2.69 bits per heavy atom. The van der Waals surface area contributed by atoms with Crippen LogP contribution in [0.1, 0.15) is 18.7 Å². The molecule has 0 radical (unpaired) electrons. The van der Waals surface area contributed by atoms with Crippen molar-refractivity contribution in [1.82, 2.24) is 15.0 Å². The molecule has 1 unspecified atom stereocenters. The van der Waals surface area contributed by atoms with E-state index in [-0.39, 0.29) is 17.8 Å². The number of hydrogen-bond acceptors (Lipinski definition) is 5. The molecule has 1 heterocycles. The van der Waals surface area contributed by atoms with E-state index >= 15 is 0 Å². The zero-order valence-corrected chi connectivity index (χ0v) is 18.3. The Kier molecular flexibility index (Phi) is 7.48. The van der Waals surface area contributed by atoms with Crippen molar-refractivity contribution < 1.29 is 9.53 Å². The fourth-order valence-electron chi connectivity index (χ4n) is 2.59. The summed E-state index contributed by atoms with van der Waals surface area (Å²) < 4.78 is 8.67. The number of carbonyl (C=O) groups is 1. The Morgan fingerprint density at radius 2 is 2.00 bits per heavy atom. The van der Waals surface area contributed by atoms with Crippen LogP contribution >= 0.6 is 27.7 Å². The van der Waals surface area contributed by atoms with Crippen LogP contribution in [0.5, 0.6) is 5.75 Å². The molecule has 6 nitrogen and oxygen atoms in total. The summed E-state index contributed by atoms with van der Waals surface area (Å²) in [6.07, 6.45) is 1.43. The third-order valence-electron chi connectivity index (χ3n) is 3.93. The Morgan fingerprint density at radius 1 is 1.28 bits per heavy atom. The first-order chi connectivity index (χ1) is 14.1. The molecule has 29 heavy (non-hydrogen) atoms. The van der Waals surface area contributed by atoms with Gasteiger partial charge in [0.15, 0.2) is 0 Å². The van der Waals surface area contributed by atoms with Gasteiger partial charge in [-0.2, -0.15) is 0 Å². The average molecular weight is 473 g/mol. The smallest absolute Gasteiger partial charge is 0.234 e. The molecule has 8 heteroatoms. The third kappa shape index (κ3) is 5.95. The maximum atomic E-state index is 12.4. The monoisotopic (exact) mass is 472 g/mol. The summed E-state index contributed by atoms with van der Waals surface area (Å²) in [4.78, 5) is 12.4. The van der Waals surface area contributed by atoms with Crippen LogP contribution < -0.4 is 10.1 Å². The van der Waals surface area contributed by atoms with Gasteiger partial charge in [0.25, 0.3) is 0 Å². The zero-order valence-electron chi connectivity index (χ0n) is 15.9. The minimum absolute atomic E-state index is 0.105. The Balaban J connectivity index is 1.69. The SMILES string of the molecule is C=CCn1nnc(C(C)Oc2ccccc2)c1SCC(=O)Nc1ccc(Br)cc1. The second-order valence-electron chi connectivity index (χ2n) is 6.17. The maximum absolute atomic E-state index is 12.4. The highest BCUT2D eigenvalue weighted by Crippen LogP contribution is 2.29. The number of ether oxygens (including phenoxy) is 1. The van der Waals surface area contributed by atoms with Crippen molar-refractivity contribution in [3.05, 3.63) is 77.4 Å². The summed E-state index contributed by atoms with van der Waals surface area (Å²) >= 11 is 4.76. The molecule has 2 aromatic carbocycles. The van der Waals surface area contributed by atoms with E-state index in [2.05, 4.69) is 38.1 Å². The van der Waals surface area contributed by atoms with Crippen LogP contribution in [0.3, 0.4) is 0 Å². The molecule has 0 saturated carbocycles. The Labute approximate surface area is 182 Å². The maximum Gasteiger partial charge on any atom is 0.234 e. The molecule has 0 aliphatic rings. The number of carbonyl (C=O) groups excluding carboxylic acids is 1. The lowest BCUT2D eigenvalue weighted by molar-refractivity contribution is -0.113. The second kappa shape index (κ2) is 10.3. The van der Waals surface area contributed by atoms with E-state index in [0.29, 0.717) is 12.2 Å². The number of nitrogens with one attached hydrogen (secondary N) is 1. The van der Waals surface area contributed by atoms with Gasteiger partial charge >= 0.3 is 0 Å². The van der Waals surface area contributed by atoms with Gasteiger partial charge in [0, 0.05) is 10.2 Å². The van der Waals surface area contributed by atoms with Crippen LogP contribution in [0.15, 0.2) is 76.8 Å². The predicted molar refractivity (Wildman–Crippen MR) is 119 cm³/mol. The van der Waals surface area contributed by atoms with E-state index in [1.165, 1.54) is 11.8 Å². The summed E-state index contributed by atoms with van der Waals surface area (Å²) in [5, 5.41) is 12.2. The number of halogens is 1. The lowest BCUT2D eigenvalue weighted by Gasteiger charge is -2.14. The molecule has 0 fully saturated rings. The number of nitrogens with zero attached hydrogens (tertiary/aromatic N) is 3. The van der Waals surface area contributed by atoms with Gasteiger partial charge in [-0.05, 0) is 43.3 Å². The summed E-state index contributed by atoms with van der Waals surface area (Å²) in [6.45, 7) is 6.18. The van der Waals surface area contributed by atoms with Crippen LogP contribution in [-0.2, 0) is 11.3 Å². The highest BCUT2D eigenvalue weighted by molar-refractivity contribution is 9.10. The molecule has 1 aromatic heterocycles. The lowest BCUT2D eigenvalue weighted by atomic mass is 10.3. The van der Waals surface area contributed by atoms with E-state index in [4.69, 9.17) is 4.74 Å². The molecule has 0 aliphatic carbocycles. The van der Waals surface area contributed by atoms with Gasteiger partial charge in [0.2, 0.25) is 5.91 Å². The van der Waals surface area contributed by atoms with Crippen LogP contribution in [0, 0.1) is 0 Å². The minimum atomic E-state index is -0.312. The largest absolute Gasteiger partial charge is 0.484 e. The molecule has 150 valence electrons. The number of hydrogen-bond donors (Lipinski definition) is 1. The number of rotatable bonds is 9. The van der Waals surface area contributed by atoms with Crippen molar-refractivity contribution in [3.63, 3.8) is 0 Å². The number of amides is 1. The lowest BCUT2D eigenvalue weighted by Crippen LogP contribution is -2.15. The minimum Gasteiger partial charge on any atom is -0.484 e. The van der Waals surface area contributed by atoms with Gasteiger partial charge in [-0.1, -0.05) is 57.2 Å². The molecule has 3 aromatic rings. The van der Waals surface area contributed by atoms with Crippen LogP contribution in [0.4, 0.5) is 5.69 Å². The average Bonchev–Trinajstić information content (AvgIpc) is 3.12. The predicted octanol–water partition coefficient (Wildman–Crippen LogP) is 5.10. The van der Waals surface area contributed by atoms with E-state index in [0.717, 1.165) is 20.9 Å². The highest BCUT2D eigenvalue weighted by atomic mass is 79.9. The first kappa shape index (κ1) is 21.1. The zero-order chi connectivity index (χ0) is 20.6. The van der Waals surface area contributed by atoms with Crippen LogP contribution in [-0.4, -0.2) is 26.7 Å². The van der Waals surface area contributed by atoms with E-state index in [1.54, 1.807) is 10.8 Å². The normalized spacial score (nSPS) is 11.7. The molecule has 1 amide bonds. The fraction of sp³-hybridized carbons (Fsp3) is 0.190. The van der Waals surface area contributed by atoms with Gasteiger partial charge in [-0.3, -0.25) is 4.79 Å². The highest BCUT2D eigenvalue weighted by Gasteiger charge is 2.21. The molecular formula is C21H21BrN4O2S. The third-order valence-corrected chi connectivity index (χ3v) is 5.55. The summed E-state index contributed by atoms with van der Waals surface area (Å²) in [5.74, 6) is 0.875. The molecule has 0 saturated heterocycles. The number of anilines is 1. The summed E-state index contributed by atoms with van der Waals surface area (Å²) in [5.41, 5.74) is 1.44. The van der Waals surface area contributed by atoms with Crippen molar-refractivity contribution >= 4 is 39.3 Å². The Bertz CT molecular complexity index is 961. The molecule has 3 rings (SSSR count). The van der Waals surface area contributed by atoms with Gasteiger partial charge in [0.05, 0.1) is 12.3 Å². The van der Waals surface area contributed by atoms with Crippen molar-refractivity contribution in [3.8, 4) is 5.75 Å². The van der Waals surface area contributed by atoms with Crippen LogP contribution in [0.2, 0.25) is 0 Å². The van der Waals surface area contributed by atoms with Gasteiger partial charge in [-0.15, -0.1) is 11.7 Å². The molecule has 0 bridgehead atoms. The topological polar surface area (TPSA) is 69.0 Å². The first-order valence-corrected chi connectivity index (χ1v) is 10.8. The molecule has 0 aliphatic heterocycles. The standard InChI is InChI=1S/C21H21BrN4O2S/c1-3-13-26-21(29-14-19(27)23-17-11-9-16(22)10-12-17)20(24-25-26)15(2)28-18-7-5-4-6-8-18/h3-12,15H,1,13-14H2,2H3,(H,23,27). The molecule has 0 spiro atoms. The molecule has 1 N–H and O–H groups in total. The van der Waals surface area contributed by atoms with Crippen molar-refractivity contribution in [2.75, 3.05) is 11.1 Å². The molecular weight excluding hydrogens is 452 g/mol. The van der Waals surface area contributed by atoms with Gasteiger partial charge in [0.1, 0.15) is 22.6 Å². The van der Waals surface area contributed by atoms with E-state index in [1.807, 2.05) is 61.5 Å². The van der Waals surface area contributed by atoms with Crippen molar-refractivity contribution in [1.29, 1.82) is 0 Å².